The molecule has 2 aromatic rings. The smallest absolute Gasteiger partial charge is 0.125 e. The van der Waals surface area contributed by atoms with Gasteiger partial charge in [-0.05, 0) is 49.1 Å². The monoisotopic (exact) mass is 284 g/mol. The summed E-state index contributed by atoms with van der Waals surface area (Å²) >= 11 is 0. The fourth-order valence-electron chi connectivity index (χ4n) is 3.04. The topological polar surface area (TPSA) is 24.1 Å². The molecule has 0 saturated carbocycles. The Morgan fingerprint density at radius 1 is 1.10 bits per heavy atom. The van der Waals surface area contributed by atoms with Crippen LogP contribution in [0.5, 0.6) is 0 Å². The summed E-state index contributed by atoms with van der Waals surface area (Å²) in [6.07, 6.45) is 2.11. The van der Waals surface area contributed by atoms with Crippen molar-refractivity contribution in [3.63, 3.8) is 0 Å². The first-order valence-electron chi connectivity index (χ1n) is 7.58. The van der Waals surface area contributed by atoms with Gasteiger partial charge >= 0.3 is 0 Å². The zero-order valence-electron chi connectivity index (χ0n) is 12.1. The van der Waals surface area contributed by atoms with Gasteiger partial charge in [0.2, 0.25) is 0 Å². The Hall–Kier alpha value is -1.87. The number of hydrogen-bond acceptors (Lipinski definition) is 2. The van der Waals surface area contributed by atoms with Crippen LogP contribution in [0.15, 0.2) is 54.6 Å². The minimum atomic E-state index is -0.187. The molecule has 1 heterocycles. The van der Waals surface area contributed by atoms with Crippen LogP contribution >= 0.6 is 0 Å². The van der Waals surface area contributed by atoms with Crippen molar-refractivity contribution < 1.29 is 4.39 Å². The SMILES string of the molecule is Fc1cccc(N[C@H]2CCNC[C@H]2Cc2ccccc2)c1. The Balaban J connectivity index is 1.69. The van der Waals surface area contributed by atoms with E-state index in [2.05, 4.69) is 34.9 Å². The fourth-order valence-corrected chi connectivity index (χ4v) is 3.04. The van der Waals surface area contributed by atoms with E-state index in [1.807, 2.05) is 12.1 Å². The molecule has 1 aliphatic rings. The number of piperidine rings is 1. The van der Waals surface area contributed by atoms with Crippen LogP contribution in [0.1, 0.15) is 12.0 Å². The highest BCUT2D eigenvalue weighted by molar-refractivity contribution is 5.44. The summed E-state index contributed by atoms with van der Waals surface area (Å²) < 4.78 is 13.3. The molecule has 2 N–H and O–H groups in total. The normalized spacial score (nSPS) is 22.0. The molecule has 110 valence electrons. The molecule has 3 rings (SSSR count). The molecule has 0 bridgehead atoms. The van der Waals surface area contributed by atoms with E-state index < -0.39 is 0 Å². The van der Waals surface area contributed by atoms with E-state index in [4.69, 9.17) is 0 Å². The minimum Gasteiger partial charge on any atom is -0.382 e. The molecule has 1 aliphatic heterocycles. The van der Waals surface area contributed by atoms with Crippen LogP contribution in [-0.2, 0) is 6.42 Å². The first kappa shape index (κ1) is 14.1. The van der Waals surface area contributed by atoms with Gasteiger partial charge in [0.1, 0.15) is 5.82 Å². The van der Waals surface area contributed by atoms with Crippen LogP contribution in [0.3, 0.4) is 0 Å². The first-order chi connectivity index (χ1) is 10.3. The molecule has 2 aromatic carbocycles. The summed E-state index contributed by atoms with van der Waals surface area (Å²) in [6, 6.07) is 17.7. The van der Waals surface area contributed by atoms with E-state index in [1.165, 1.54) is 11.6 Å². The summed E-state index contributed by atoms with van der Waals surface area (Å²) in [5, 5.41) is 6.98. The van der Waals surface area contributed by atoms with Crippen LogP contribution in [0.25, 0.3) is 0 Å². The number of anilines is 1. The van der Waals surface area contributed by atoms with Crippen molar-refractivity contribution in [3.05, 3.63) is 66.0 Å². The van der Waals surface area contributed by atoms with Crippen LogP contribution in [0, 0.1) is 11.7 Å². The van der Waals surface area contributed by atoms with Gasteiger partial charge < -0.3 is 10.6 Å². The fraction of sp³-hybridized carbons (Fsp3) is 0.333. The maximum atomic E-state index is 13.3. The van der Waals surface area contributed by atoms with Crippen molar-refractivity contribution in [1.82, 2.24) is 5.32 Å². The summed E-state index contributed by atoms with van der Waals surface area (Å²) in [7, 11) is 0. The third-order valence-electron chi connectivity index (χ3n) is 4.13. The predicted molar refractivity (Wildman–Crippen MR) is 84.9 cm³/mol. The van der Waals surface area contributed by atoms with Gasteiger partial charge in [-0.15, -0.1) is 0 Å². The van der Waals surface area contributed by atoms with Crippen molar-refractivity contribution in [1.29, 1.82) is 0 Å². The number of halogens is 1. The molecule has 2 atom stereocenters. The van der Waals surface area contributed by atoms with Gasteiger partial charge in [0.05, 0.1) is 0 Å². The lowest BCUT2D eigenvalue weighted by molar-refractivity contribution is 0.342. The lowest BCUT2D eigenvalue weighted by atomic mass is 9.87. The maximum Gasteiger partial charge on any atom is 0.125 e. The highest BCUT2D eigenvalue weighted by atomic mass is 19.1. The molecule has 0 aliphatic carbocycles. The van der Waals surface area contributed by atoms with Gasteiger partial charge in [-0.25, -0.2) is 4.39 Å². The largest absolute Gasteiger partial charge is 0.382 e. The molecule has 3 heteroatoms. The zero-order valence-corrected chi connectivity index (χ0v) is 12.1. The van der Waals surface area contributed by atoms with E-state index >= 15 is 0 Å². The van der Waals surface area contributed by atoms with Crippen molar-refractivity contribution in [2.75, 3.05) is 18.4 Å². The molecule has 1 saturated heterocycles. The minimum absolute atomic E-state index is 0.187. The van der Waals surface area contributed by atoms with Crippen molar-refractivity contribution in [3.8, 4) is 0 Å². The Morgan fingerprint density at radius 3 is 2.76 bits per heavy atom. The number of rotatable bonds is 4. The van der Waals surface area contributed by atoms with Crippen LogP contribution in [-0.4, -0.2) is 19.1 Å². The number of benzene rings is 2. The van der Waals surface area contributed by atoms with Crippen molar-refractivity contribution in [2.24, 2.45) is 5.92 Å². The standard InChI is InChI=1S/C18H21FN2/c19-16-7-4-8-17(12-16)21-18-9-10-20-13-15(18)11-14-5-2-1-3-6-14/h1-8,12,15,18,20-21H,9-11,13H2/t15-,18+/m1/s1. The number of nitrogens with one attached hydrogen (secondary N) is 2. The Morgan fingerprint density at radius 2 is 1.95 bits per heavy atom. The van der Waals surface area contributed by atoms with Crippen molar-refractivity contribution >= 4 is 5.69 Å². The summed E-state index contributed by atoms with van der Waals surface area (Å²) in [6.45, 7) is 2.01. The van der Waals surface area contributed by atoms with Gasteiger partial charge in [-0.2, -0.15) is 0 Å². The molecule has 0 unspecified atom stereocenters. The lowest BCUT2D eigenvalue weighted by Gasteiger charge is -2.33. The van der Waals surface area contributed by atoms with Crippen LogP contribution in [0.4, 0.5) is 10.1 Å². The van der Waals surface area contributed by atoms with Gasteiger partial charge in [0, 0.05) is 18.3 Å². The third kappa shape index (κ3) is 3.82. The number of hydrogen-bond donors (Lipinski definition) is 2. The average Bonchev–Trinajstić information content (AvgIpc) is 2.50. The molecule has 0 spiro atoms. The van der Waals surface area contributed by atoms with E-state index in [0.717, 1.165) is 31.6 Å². The Bertz CT molecular complexity index is 570. The van der Waals surface area contributed by atoms with Gasteiger partial charge in [-0.1, -0.05) is 36.4 Å². The molecule has 0 amide bonds. The Labute approximate surface area is 125 Å². The first-order valence-corrected chi connectivity index (χ1v) is 7.58. The highest BCUT2D eigenvalue weighted by Gasteiger charge is 2.25. The van der Waals surface area contributed by atoms with E-state index in [0.29, 0.717) is 12.0 Å². The summed E-state index contributed by atoms with van der Waals surface area (Å²) in [4.78, 5) is 0. The third-order valence-corrected chi connectivity index (χ3v) is 4.13. The van der Waals surface area contributed by atoms with E-state index in [9.17, 15) is 4.39 Å². The molecule has 0 radical (unpaired) electrons. The second-order valence-corrected chi connectivity index (χ2v) is 5.70. The van der Waals surface area contributed by atoms with E-state index in [1.54, 1.807) is 12.1 Å². The molecule has 0 aromatic heterocycles. The summed E-state index contributed by atoms with van der Waals surface area (Å²) in [5.74, 6) is 0.331. The van der Waals surface area contributed by atoms with Gasteiger partial charge in [0.15, 0.2) is 0 Å². The Kier molecular flexibility index (Phi) is 4.51. The maximum absolute atomic E-state index is 13.3. The van der Waals surface area contributed by atoms with Crippen LogP contribution in [0.2, 0.25) is 0 Å². The van der Waals surface area contributed by atoms with Crippen LogP contribution < -0.4 is 10.6 Å². The van der Waals surface area contributed by atoms with Gasteiger partial charge in [0.25, 0.3) is 0 Å². The second-order valence-electron chi connectivity index (χ2n) is 5.70. The highest BCUT2D eigenvalue weighted by Crippen LogP contribution is 2.22. The zero-order chi connectivity index (χ0) is 14.5. The van der Waals surface area contributed by atoms with Gasteiger partial charge in [-0.3, -0.25) is 0 Å². The quantitative estimate of drug-likeness (QED) is 0.898. The molecule has 2 nitrogen and oxygen atoms in total. The van der Waals surface area contributed by atoms with E-state index in [-0.39, 0.29) is 5.82 Å². The molecular weight excluding hydrogens is 263 g/mol. The molecule has 1 fully saturated rings. The second kappa shape index (κ2) is 6.72. The summed E-state index contributed by atoms with van der Waals surface area (Å²) in [5.41, 5.74) is 2.23. The molecule has 21 heavy (non-hydrogen) atoms. The predicted octanol–water partition coefficient (Wildman–Crippen LogP) is 3.46. The molecular formula is C18H21FN2. The lowest BCUT2D eigenvalue weighted by Crippen LogP contribution is -2.44. The average molecular weight is 284 g/mol. The van der Waals surface area contributed by atoms with Crippen molar-refractivity contribution in [2.45, 2.75) is 18.9 Å².